The zero-order valence-electron chi connectivity index (χ0n) is 16.6. The van der Waals surface area contributed by atoms with Gasteiger partial charge in [-0.1, -0.05) is 41.1 Å². The molecule has 2 aromatic carbocycles. The van der Waals surface area contributed by atoms with Crippen LogP contribution in [0.1, 0.15) is 11.3 Å². The number of nitrogens with zero attached hydrogens (tertiary/aromatic N) is 4. The molecule has 0 spiro atoms. The Morgan fingerprint density at radius 2 is 1.88 bits per heavy atom. The number of anilines is 1. The van der Waals surface area contributed by atoms with Crippen molar-refractivity contribution in [2.45, 2.75) is 11.1 Å². The number of thiazole rings is 1. The number of nitriles is 1. The van der Waals surface area contributed by atoms with Gasteiger partial charge in [0, 0.05) is 6.07 Å². The summed E-state index contributed by atoms with van der Waals surface area (Å²) in [6.45, 7) is 0. The van der Waals surface area contributed by atoms with Gasteiger partial charge in [0.2, 0.25) is 5.88 Å². The molecule has 4 aromatic rings. The predicted molar refractivity (Wildman–Crippen MR) is 118 cm³/mol. The lowest BCUT2D eigenvalue weighted by Gasteiger charge is -2.11. The van der Waals surface area contributed by atoms with Crippen molar-refractivity contribution in [3.05, 3.63) is 76.4 Å². The molecule has 0 aliphatic carbocycles. The van der Waals surface area contributed by atoms with Gasteiger partial charge in [-0.3, -0.25) is 4.72 Å². The van der Waals surface area contributed by atoms with E-state index in [0.29, 0.717) is 6.07 Å². The molecule has 4 rings (SSSR count). The molecule has 14 heteroatoms. The summed E-state index contributed by atoms with van der Waals surface area (Å²) < 4.78 is 74.1. The minimum absolute atomic E-state index is 0.0234. The van der Waals surface area contributed by atoms with Crippen LogP contribution in [0.15, 0.2) is 65.7 Å². The van der Waals surface area contributed by atoms with Crippen LogP contribution >= 0.6 is 22.9 Å². The summed E-state index contributed by atoms with van der Waals surface area (Å²) in [7, 11) is -4.12. The van der Waals surface area contributed by atoms with Gasteiger partial charge in [0.1, 0.15) is 16.2 Å². The topological polar surface area (TPSA) is 110 Å². The van der Waals surface area contributed by atoms with Crippen molar-refractivity contribution in [2.24, 2.45) is 0 Å². The van der Waals surface area contributed by atoms with E-state index in [2.05, 4.69) is 14.8 Å². The molecular formula is C20H11ClF3N5O3S2. The number of alkyl halides is 3. The number of nitrogens with one attached hydrogen (secondary N) is 1. The molecule has 0 fully saturated rings. The van der Waals surface area contributed by atoms with E-state index in [1.54, 1.807) is 24.3 Å². The molecular weight excluding hydrogens is 515 g/mol. The Morgan fingerprint density at radius 3 is 2.50 bits per heavy atom. The number of para-hydroxylation sites is 1. The Labute approximate surface area is 199 Å². The molecule has 0 unspecified atom stereocenters. The zero-order valence-corrected chi connectivity index (χ0v) is 19.0. The number of halogens is 4. The average Bonchev–Trinajstić information content (AvgIpc) is 3.40. The number of aromatic nitrogens is 3. The van der Waals surface area contributed by atoms with Crippen LogP contribution in [0.2, 0.25) is 4.34 Å². The summed E-state index contributed by atoms with van der Waals surface area (Å²) in [5.41, 5.74) is -1.14. The number of ether oxygens (including phenoxy) is 1. The SMILES string of the molecule is N#Cc1cc(S(=O)(=O)Nc2ncc(Cl)s2)ccc1Oc1cc(C(F)(F)F)nn1-c1ccccc1. The van der Waals surface area contributed by atoms with Gasteiger partial charge in [-0.15, -0.1) is 0 Å². The van der Waals surface area contributed by atoms with Crippen LogP contribution in [0, 0.1) is 11.3 Å². The van der Waals surface area contributed by atoms with Crippen LogP contribution in [0.25, 0.3) is 5.69 Å². The summed E-state index contributed by atoms with van der Waals surface area (Å²) in [5.74, 6) is -0.481. The molecule has 0 radical (unpaired) electrons. The minimum atomic E-state index is -4.74. The lowest BCUT2D eigenvalue weighted by atomic mass is 10.2. The molecule has 0 atom stereocenters. The van der Waals surface area contributed by atoms with Crippen LogP contribution in [-0.2, 0) is 16.2 Å². The second kappa shape index (κ2) is 8.98. The minimum Gasteiger partial charge on any atom is -0.438 e. The van der Waals surface area contributed by atoms with Crippen LogP contribution in [0.3, 0.4) is 0 Å². The molecule has 0 amide bonds. The molecule has 8 nitrogen and oxygen atoms in total. The number of rotatable bonds is 6. The second-order valence-electron chi connectivity index (χ2n) is 6.56. The van der Waals surface area contributed by atoms with Crippen molar-refractivity contribution < 1.29 is 26.3 Å². The molecule has 0 aliphatic heterocycles. The van der Waals surface area contributed by atoms with Crippen molar-refractivity contribution >= 4 is 38.1 Å². The average molecular weight is 526 g/mol. The molecule has 1 N–H and O–H groups in total. The fraction of sp³-hybridized carbons (Fsp3) is 0.0500. The third-order valence-corrected chi connectivity index (χ3v) is 6.76. The van der Waals surface area contributed by atoms with Crippen molar-refractivity contribution in [2.75, 3.05) is 4.72 Å². The van der Waals surface area contributed by atoms with Crippen molar-refractivity contribution in [3.63, 3.8) is 0 Å². The van der Waals surface area contributed by atoms with Gasteiger partial charge in [-0.05, 0) is 30.3 Å². The van der Waals surface area contributed by atoms with E-state index in [1.165, 1.54) is 18.3 Å². The van der Waals surface area contributed by atoms with E-state index in [-0.39, 0.29) is 37.2 Å². The normalized spacial score (nSPS) is 11.7. The van der Waals surface area contributed by atoms with Crippen LogP contribution in [0.4, 0.5) is 18.3 Å². The Balaban J connectivity index is 1.70. The van der Waals surface area contributed by atoms with Gasteiger partial charge >= 0.3 is 6.18 Å². The lowest BCUT2D eigenvalue weighted by molar-refractivity contribution is -0.141. The molecule has 0 saturated carbocycles. The Hall–Kier alpha value is -3.60. The van der Waals surface area contributed by atoms with E-state index >= 15 is 0 Å². The second-order valence-corrected chi connectivity index (χ2v) is 9.90. The van der Waals surface area contributed by atoms with E-state index in [4.69, 9.17) is 16.3 Å². The first-order valence-corrected chi connectivity index (χ1v) is 11.8. The lowest BCUT2D eigenvalue weighted by Crippen LogP contribution is -2.13. The number of hydrogen-bond donors (Lipinski definition) is 1. The summed E-state index contributed by atoms with van der Waals surface area (Å²) in [5, 5.41) is 13.1. The monoisotopic (exact) mass is 525 g/mol. The van der Waals surface area contributed by atoms with Gasteiger partial charge in [0.25, 0.3) is 10.0 Å². The van der Waals surface area contributed by atoms with Crippen LogP contribution in [0.5, 0.6) is 11.6 Å². The predicted octanol–water partition coefficient (Wildman–Crippen LogP) is 5.47. The molecule has 2 aromatic heterocycles. The maximum absolute atomic E-state index is 13.3. The highest BCUT2D eigenvalue weighted by Crippen LogP contribution is 2.35. The maximum Gasteiger partial charge on any atom is 0.435 e. The third kappa shape index (κ3) is 4.98. The van der Waals surface area contributed by atoms with Gasteiger partial charge in [-0.25, -0.2) is 18.1 Å². The fourth-order valence-corrected chi connectivity index (χ4v) is 4.85. The van der Waals surface area contributed by atoms with E-state index < -0.39 is 21.9 Å². The van der Waals surface area contributed by atoms with Crippen molar-refractivity contribution in [3.8, 4) is 23.4 Å². The first-order valence-electron chi connectivity index (χ1n) is 9.15. The van der Waals surface area contributed by atoms with E-state index in [9.17, 15) is 26.9 Å². The van der Waals surface area contributed by atoms with Crippen LogP contribution < -0.4 is 9.46 Å². The van der Waals surface area contributed by atoms with E-state index in [0.717, 1.165) is 34.2 Å². The maximum atomic E-state index is 13.3. The highest BCUT2D eigenvalue weighted by atomic mass is 35.5. The number of hydrogen-bond acceptors (Lipinski definition) is 7. The standard InChI is InChI=1S/C20H11ClF3N5O3S2/c21-17-11-26-19(33-17)28-34(30,31)14-6-7-15(12(8-14)10-25)32-18-9-16(20(22,23)24)27-29(18)13-4-2-1-3-5-13/h1-9,11H,(H,26,28). The molecule has 34 heavy (non-hydrogen) atoms. The number of benzene rings is 2. The highest BCUT2D eigenvalue weighted by molar-refractivity contribution is 7.93. The molecule has 174 valence electrons. The summed E-state index contributed by atoms with van der Waals surface area (Å²) in [6, 6.07) is 13.8. The van der Waals surface area contributed by atoms with Gasteiger partial charge in [0.05, 0.1) is 22.3 Å². The first kappa shape index (κ1) is 23.6. The van der Waals surface area contributed by atoms with Crippen molar-refractivity contribution in [1.29, 1.82) is 5.26 Å². The third-order valence-electron chi connectivity index (χ3n) is 4.26. The summed E-state index contributed by atoms with van der Waals surface area (Å²) in [6.07, 6.45) is -3.47. The van der Waals surface area contributed by atoms with Gasteiger partial charge < -0.3 is 4.74 Å². The smallest absolute Gasteiger partial charge is 0.435 e. The van der Waals surface area contributed by atoms with E-state index in [1.807, 2.05) is 0 Å². The first-order chi connectivity index (χ1) is 16.1. The fourth-order valence-electron chi connectivity index (χ4n) is 2.77. The Bertz CT molecular complexity index is 1500. The molecule has 0 saturated heterocycles. The molecule has 0 bridgehead atoms. The van der Waals surface area contributed by atoms with Gasteiger partial charge in [0.15, 0.2) is 10.8 Å². The Morgan fingerprint density at radius 1 is 1.15 bits per heavy atom. The molecule has 2 heterocycles. The van der Waals surface area contributed by atoms with Crippen LogP contribution in [-0.4, -0.2) is 23.2 Å². The highest BCUT2D eigenvalue weighted by Gasteiger charge is 2.36. The molecule has 0 aliphatic rings. The number of sulfonamides is 1. The summed E-state index contributed by atoms with van der Waals surface area (Å²) in [4.78, 5) is 3.53. The van der Waals surface area contributed by atoms with Crippen molar-refractivity contribution in [1.82, 2.24) is 14.8 Å². The quantitative estimate of drug-likeness (QED) is 0.357. The summed E-state index contributed by atoms with van der Waals surface area (Å²) >= 11 is 6.65. The van der Waals surface area contributed by atoms with Gasteiger partial charge in [-0.2, -0.15) is 23.5 Å². The zero-order chi connectivity index (χ0) is 24.5. The Kier molecular flexibility index (Phi) is 6.22. The largest absolute Gasteiger partial charge is 0.438 e.